The molecule has 2 unspecified atom stereocenters. The third-order valence-corrected chi connectivity index (χ3v) is 7.78. The van der Waals surface area contributed by atoms with Gasteiger partial charge >= 0.3 is 0 Å². The van der Waals surface area contributed by atoms with Gasteiger partial charge in [-0.25, -0.2) is 0 Å². The fourth-order valence-electron chi connectivity index (χ4n) is 0.879. The Bertz CT molecular complexity index is 75.7. The van der Waals surface area contributed by atoms with Crippen LogP contribution in [-0.4, -0.2) is 22.3 Å². The quantitative estimate of drug-likeness (QED) is 0.402. The third-order valence-electron chi connectivity index (χ3n) is 1.63. The van der Waals surface area contributed by atoms with Gasteiger partial charge in [0, 0.05) is 5.75 Å². The van der Waals surface area contributed by atoms with Gasteiger partial charge in [0.1, 0.15) is 5.75 Å². The van der Waals surface area contributed by atoms with E-state index in [9.17, 15) is 0 Å². The minimum Gasteiger partial charge on any atom is -0.179 e. The standard InChI is InChI=1S/C6H12S4/c7-3-6-1-2-10(5-8)9-4-6/h6H,1-5H2,(H-,7,8)/p+1. The number of rotatable bonds is 2. The molecule has 0 aliphatic carbocycles. The summed E-state index contributed by atoms with van der Waals surface area (Å²) in [6.45, 7) is 0. The van der Waals surface area contributed by atoms with Crippen LogP contribution < -0.4 is 0 Å². The smallest absolute Gasteiger partial charge is 0.162 e. The minimum atomic E-state index is 0.573. The first-order valence-corrected chi connectivity index (χ1v) is 7.72. The highest BCUT2D eigenvalue weighted by molar-refractivity contribution is 8.75. The van der Waals surface area contributed by atoms with E-state index < -0.39 is 0 Å². The number of hydrogen-bond donors (Lipinski definition) is 2. The van der Waals surface area contributed by atoms with Gasteiger partial charge in [-0.15, -0.1) is 12.6 Å². The lowest BCUT2D eigenvalue weighted by molar-refractivity contribution is 0.653. The van der Waals surface area contributed by atoms with Crippen LogP contribution in [0.1, 0.15) is 6.42 Å². The normalized spacial score (nSPS) is 34.2. The highest BCUT2D eigenvalue weighted by Crippen LogP contribution is 2.30. The van der Waals surface area contributed by atoms with Gasteiger partial charge in [-0.1, -0.05) is 0 Å². The molecule has 0 aromatic rings. The highest BCUT2D eigenvalue weighted by atomic mass is 33.1. The van der Waals surface area contributed by atoms with Crippen molar-refractivity contribution in [2.24, 2.45) is 5.92 Å². The maximum atomic E-state index is 4.29. The zero-order chi connectivity index (χ0) is 7.40. The van der Waals surface area contributed by atoms with E-state index in [0.717, 1.165) is 16.8 Å². The molecule has 0 N–H and O–H groups in total. The summed E-state index contributed by atoms with van der Waals surface area (Å²) < 4.78 is 0. The van der Waals surface area contributed by atoms with Gasteiger partial charge in [0.05, 0.1) is 20.7 Å². The Morgan fingerprint density at radius 1 is 1.50 bits per heavy atom. The molecular weight excluding hydrogens is 200 g/mol. The Morgan fingerprint density at radius 3 is 2.70 bits per heavy atom. The van der Waals surface area contributed by atoms with E-state index in [1.165, 1.54) is 17.9 Å². The van der Waals surface area contributed by atoms with Crippen LogP contribution in [0.2, 0.25) is 0 Å². The molecule has 1 saturated heterocycles. The lowest BCUT2D eigenvalue weighted by Crippen LogP contribution is -2.20. The van der Waals surface area contributed by atoms with Gasteiger partial charge in [0.2, 0.25) is 0 Å². The van der Waals surface area contributed by atoms with Crippen molar-refractivity contribution >= 4 is 46.0 Å². The Balaban J connectivity index is 2.17. The van der Waals surface area contributed by atoms with Crippen LogP contribution in [0.3, 0.4) is 0 Å². The van der Waals surface area contributed by atoms with E-state index >= 15 is 0 Å². The first kappa shape index (κ1) is 9.49. The van der Waals surface area contributed by atoms with Crippen LogP contribution in [0, 0.1) is 5.92 Å². The van der Waals surface area contributed by atoms with Crippen molar-refractivity contribution in [3.63, 3.8) is 0 Å². The summed E-state index contributed by atoms with van der Waals surface area (Å²) in [6, 6.07) is 0. The van der Waals surface area contributed by atoms with Crippen molar-refractivity contribution < 1.29 is 0 Å². The van der Waals surface area contributed by atoms with Crippen molar-refractivity contribution in [1.29, 1.82) is 0 Å². The lowest BCUT2D eigenvalue weighted by Gasteiger charge is -2.17. The predicted molar refractivity (Wildman–Crippen MR) is 60.5 cm³/mol. The van der Waals surface area contributed by atoms with Crippen LogP contribution in [0.4, 0.5) is 0 Å². The van der Waals surface area contributed by atoms with Crippen LogP contribution in [0.25, 0.3) is 0 Å². The van der Waals surface area contributed by atoms with Crippen LogP contribution in [0.15, 0.2) is 0 Å². The molecule has 2 atom stereocenters. The summed E-state index contributed by atoms with van der Waals surface area (Å²) in [5, 5.41) is 1.07. The van der Waals surface area contributed by atoms with Crippen molar-refractivity contribution in [2.45, 2.75) is 6.42 Å². The highest BCUT2D eigenvalue weighted by Gasteiger charge is 2.27. The second-order valence-electron chi connectivity index (χ2n) is 2.39. The molecule has 0 amide bonds. The third kappa shape index (κ3) is 2.80. The average molecular weight is 213 g/mol. The molecule has 1 aliphatic rings. The monoisotopic (exact) mass is 213 g/mol. The van der Waals surface area contributed by atoms with Crippen molar-refractivity contribution in [1.82, 2.24) is 0 Å². The van der Waals surface area contributed by atoms with Gasteiger partial charge in [0.25, 0.3) is 0 Å². The largest absolute Gasteiger partial charge is 0.179 e. The Morgan fingerprint density at radius 2 is 2.30 bits per heavy atom. The van der Waals surface area contributed by atoms with E-state index in [0.29, 0.717) is 9.93 Å². The summed E-state index contributed by atoms with van der Waals surface area (Å²) in [5.74, 6) is 4.63. The fourth-order valence-corrected chi connectivity index (χ4v) is 6.03. The maximum Gasteiger partial charge on any atom is 0.162 e. The number of thiol groups is 2. The molecule has 1 fully saturated rings. The van der Waals surface area contributed by atoms with Gasteiger partial charge in [0.15, 0.2) is 5.08 Å². The Kier molecular flexibility index (Phi) is 4.86. The molecule has 0 nitrogen and oxygen atoms in total. The van der Waals surface area contributed by atoms with E-state index in [4.69, 9.17) is 0 Å². The second-order valence-corrected chi connectivity index (χ2v) is 7.77. The lowest BCUT2D eigenvalue weighted by atomic mass is 10.1. The summed E-state index contributed by atoms with van der Waals surface area (Å²) in [7, 11) is 2.67. The molecule has 60 valence electrons. The average Bonchev–Trinajstić information content (AvgIpc) is 2.05. The summed E-state index contributed by atoms with van der Waals surface area (Å²) in [6.07, 6.45) is 1.38. The van der Waals surface area contributed by atoms with Crippen LogP contribution >= 0.6 is 36.1 Å². The zero-order valence-electron chi connectivity index (χ0n) is 5.82. The second kappa shape index (κ2) is 5.12. The van der Waals surface area contributed by atoms with Crippen LogP contribution in [-0.2, 0) is 9.93 Å². The van der Waals surface area contributed by atoms with Gasteiger partial charge < -0.3 is 0 Å². The maximum absolute atomic E-state index is 4.29. The summed E-state index contributed by atoms with van der Waals surface area (Å²) in [5.41, 5.74) is 0. The predicted octanol–water partition coefficient (Wildman–Crippen LogP) is 2.09. The molecule has 0 aromatic carbocycles. The van der Waals surface area contributed by atoms with Gasteiger partial charge in [-0.2, -0.15) is 12.6 Å². The molecule has 10 heavy (non-hydrogen) atoms. The van der Waals surface area contributed by atoms with E-state index in [1.807, 2.05) is 0 Å². The molecule has 0 spiro atoms. The first-order chi connectivity index (χ1) is 4.86. The first-order valence-electron chi connectivity index (χ1n) is 3.39. The van der Waals surface area contributed by atoms with Crippen molar-refractivity contribution in [3.05, 3.63) is 0 Å². The van der Waals surface area contributed by atoms with Crippen molar-refractivity contribution in [3.8, 4) is 0 Å². The molecule has 1 aliphatic heterocycles. The fraction of sp³-hybridized carbons (Fsp3) is 1.00. The van der Waals surface area contributed by atoms with Gasteiger partial charge in [-0.05, 0) is 18.1 Å². The summed E-state index contributed by atoms with van der Waals surface area (Å²) in [4.78, 5) is 0. The Hall–Kier alpha value is 1.40. The Labute approximate surface area is 80.5 Å². The number of hydrogen-bond acceptors (Lipinski definition) is 3. The van der Waals surface area contributed by atoms with Gasteiger partial charge in [-0.3, -0.25) is 0 Å². The molecule has 0 saturated carbocycles. The molecule has 0 radical (unpaired) electrons. The molecule has 0 aromatic heterocycles. The minimum absolute atomic E-state index is 0.573. The van der Waals surface area contributed by atoms with Crippen LogP contribution in [0.5, 0.6) is 0 Å². The van der Waals surface area contributed by atoms with E-state index in [-0.39, 0.29) is 0 Å². The molecular formula is C6H13S4+. The molecule has 0 bridgehead atoms. The van der Waals surface area contributed by atoms with E-state index in [2.05, 4.69) is 36.1 Å². The summed E-state index contributed by atoms with van der Waals surface area (Å²) >= 11 is 8.59. The molecule has 1 rings (SSSR count). The molecule has 1 heterocycles. The van der Waals surface area contributed by atoms with E-state index in [1.54, 1.807) is 0 Å². The zero-order valence-corrected chi connectivity index (χ0v) is 9.25. The SMILES string of the molecule is SCC1CC[S+](CS)SC1. The molecule has 4 heteroatoms. The van der Waals surface area contributed by atoms with Crippen molar-refractivity contribution in [2.75, 3.05) is 22.3 Å². The topological polar surface area (TPSA) is 0 Å².